The molecule has 1 aliphatic rings. The van der Waals surface area contributed by atoms with Gasteiger partial charge < -0.3 is 14.5 Å². The minimum absolute atomic E-state index is 0.0508. The van der Waals surface area contributed by atoms with Gasteiger partial charge >= 0.3 is 0 Å². The fourth-order valence-electron chi connectivity index (χ4n) is 4.11. The third-order valence-corrected chi connectivity index (χ3v) is 7.74. The highest BCUT2D eigenvalue weighted by Gasteiger charge is 2.25. The zero-order valence-electron chi connectivity index (χ0n) is 21.9. The lowest BCUT2D eigenvalue weighted by Gasteiger charge is -2.28. The molecule has 0 radical (unpaired) electrons. The first-order chi connectivity index (χ1) is 17.2. The van der Waals surface area contributed by atoms with Gasteiger partial charge in [0.2, 0.25) is 0 Å². The van der Waals surface area contributed by atoms with E-state index in [2.05, 4.69) is 43.4 Å². The third kappa shape index (κ3) is 7.75. The van der Waals surface area contributed by atoms with Crippen LogP contribution in [-0.4, -0.2) is 62.8 Å². The molecule has 0 saturated carbocycles. The van der Waals surface area contributed by atoms with E-state index in [1.807, 2.05) is 65.6 Å². The SMILES string of the molecule is CC1=C(c2ccsc2)CN(C(=O)c2ccccc2)C1.COCN(C[Si](C)(C)C)C(=O)c1ccccc1. The topological polar surface area (TPSA) is 49.9 Å². The Bertz CT molecular complexity index is 1160. The van der Waals surface area contributed by atoms with Crippen molar-refractivity contribution in [2.45, 2.75) is 26.6 Å². The lowest BCUT2D eigenvalue weighted by Crippen LogP contribution is -2.44. The molecule has 7 heteroatoms. The molecule has 1 aliphatic heterocycles. The van der Waals surface area contributed by atoms with Crippen LogP contribution >= 0.6 is 11.3 Å². The van der Waals surface area contributed by atoms with E-state index in [0.717, 1.165) is 30.4 Å². The number of hydrogen-bond acceptors (Lipinski definition) is 4. The second kappa shape index (κ2) is 12.8. The summed E-state index contributed by atoms with van der Waals surface area (Å²) in [5.74, 6) is 0.167. The van der Waals surface area contributed by atoms with Crippen LogP contribution in [0.2, 0.25) is 19.6 Å². The molecule has 4 rings (SSSR count). The van der Waals surface area contributed by atoms with E-state index in [4.69, 9.17) is 4.74 Å². The van der Waals surface area contributed by atoms with Gasteiger partial charge in [-0.1, -0.05) is 56.0 Å². The van der Waals surface area contributed by atoms with Gasteiger partial charge in [0.15, 0.2) is 0 Å². The maximum atomic E-state index is 12.4. The lowest BCUT2D eigenvalue weighted by atomic mass is 10.1. The van der Waals surface area contributed by atoms with Crippen molar-refractivity contribution in [1.82, 2.24) is 9.80 Å². The number of hydrogen-bond donors (Lipinski definition) is 0. The molecule has 2 heterocycles. The van der Waals surface area contributed by atoms with Gasteiger partial charge in [0.1, 0.15) is 6.73 Å². The zero-order chi connectivity index (χ0) is 26.1. The Kier molecular flexibility index (Phi) is 9.81. The smallest absolute Gasteiger partial charge is 0.255 e. The van der Waals surface area contributed by atoms with Crippen LogP contribution < -0.4 is 0 Å². The molecule has 0 N–H and O–H groups in total. The summed E-state index contributed by atoms with van der Waals surface area (Å²) in [5, 5.41) is 4.23. The normalized spacial score (nSPS) is 13.3. The molecule has 190 valence electrons. The molecule has 36 heavy (non-hydrogen) atoms. The summed E-state index contributed by atoms with van der Waals surface area (Å²) in [6.07, 6.45) is 0.814. The number of ether oxygens (including phenoxy) is 1. The van der Waals surface area contributed by atoms with Gasteiger partial charge in [-0.05, 0) is 64.7 Å². The molecule has 0 bridgehead atoms. The molecule has 0 unspecified atom stereocenters. The average molecular weight is 521 g/mol. The van der Waals surface area contributed by atoms with Crippen LogP contribution in [0.5, 0.6) is 0 Å². The van der Waals surface area contributed by atoms with Crippen LogP contribution in [-0.2, 0) is 4.74 Å². The maximum absolute atomic E-state index is 12.4. The molecule has 0 fully saturated rings. The summed E-state index contributed by atoms with van der Waals surface area (Å²) in [5.41, 5.74) is 5.34. The van der Waals surface area contributed by atoms with E-state index in [9.17, 15) is 9.59 Å². The highest BCUT2D eigenvalue weighted by atomic mass is 32.1. The van der Waals surface area contributed by atoms with Crippen LogP contribution in [0.4, 0.5) is 0 Å². The summed E-state index contributed by atoms with van der Waals surface area (Å²) in [6.45, 7) is 10.7. The summed E-state index contributed by atoms with van der Waals surface area (Å²) >= 11 is 1.70. The van der Waals surface area contributed by atoms with Gasteiger partial charge in [0.05, 0.1) is 8.07 Å². The van der Waals surface area contributed by atoms with Crippen molar-refractivity contribution in [1.29, 1.82) is 0 Å². The van der Waals surface area contributed by atoms with Crippen molar-refractivity contribution in [3.05, 3.63) is 99.8 Å². The van der Waals surface area contributed by atoms with Gasteiger partial charge in [-0.2, -0.15) is 11.3 Å². The Hall–Kier alpha value is -3.00. The molecule has 0 spiro atoms. The number of benzene rings is 2. The van der Waals surface area contributed by atoms with E-state index in [-0.39, 0.29) is 11.8 Å². The van der Waals surface area contributed by atoms with E-state index in [1.54, 1.807) is 23.3 Å². The molecule has 0 atom stereocenters. The van der Waals surface area contributed by atoms with Crippen molar-refractivity contribution in [2.24, 2.45) is 0 Å². The molecule has 5 nitrogen and oxygen atoms in total. The van der Waals surface area contributed by atoms with Crippen LogP contribution in [0, 0.1) is 0 Å². The second-order valence-corrected chi connectivity index (χ2v) is 16.4. The fourth-order valence-corrected chi connectivity index (χ4v) is 6.16. The van der Waals surface area contributed by atoms with Gasteiger partial charge in [0.25, 0.3) is 11.8 Å². The molecule has 1 aromatic heterocycles. The Morgan fingerprint density at radius 2 is 1.56 bits per heavy atom. The first-order valence-corrected chi connectivity index (χ1v) is 16.7. The molecule has 0 aliphatic carbocycles. The lowest BCUT2D eigenvalue weighted by molar-refractivity contribution is 0.0473. The molecule has 3 aromatic rings. The van der Waals surface area contributed by atoms with Crippen molar-refractivity contribution in [2.75, 3.05) is 33.1 Å². The van der Waals surface area contributed by atoms with Crippen molar-refractivity contribution >= 4 is 36.8 Å². The van der Waals surface area contributed by atoms with E-state index in [0.29, 0.717) is 6.73 Å². The van der Waals surface area contributed by atoms with Crippen molar-refractivity contribution < 1.29 is 14.3 Å². The molecule has 0 saturated heterocycles. The predicted molar refractivity (Wildman–Crippen MR) is 152 cm³/mol. The van der Waals surface area contributed by atoms with Gasteiger partial charge in [-0.25, -0.2) is 0 Å². The first-order valence-electron chi connectivity index (χ1n) is 12.1. The van der Waals surface area contributed by atoms with Gasteiger partial charge in [0, 0.05) is 37.5 Å². The van der Waals surface area contributed by atoms with Crippen molar-refractivity contribution in [3.63, 3.8) is 0 Å². The van der Waals surface area contributed by atoms with E-state index >= 15 is 0 Å². The first kappa shape index (κ1) is 27.6. The number of thiophene rings is 1. The summed E-state index contributed by atoms with van der Waals surface area (Å²) in [7, 11) is 0.292. The zero-order valence-corrected chi connectivity index (χ0v) is 23.7. The minimum atomic E-state index is -1.33. The molecular weight excluding hydrogens is 484 g/mol. The number of carbonyl (C=O) groups is 2. The Morgan fingerprint density at radius 1 is 0.944 bits per heavy atom. The average Bonchev–Trinajstić information content (AvgIpc) is 3.53. The fraction of sp³-hybridized carbons (Fsp3) is 0.310. The summed E-state index contributed by atoms with van der Waals surface area (Å²) < 4.78 is 5.12. The number of carbonyl (C=O) groups excluding carboxylic acids is 2. The van der Waals surface area contributed by atoms with Gasteiger partial charge in [-0.15, -0.1) is 0 Å². The Morgan fingerprint density at radius 3 is 2.08 bits per heavy atom. The maximum Gasteiger partial charge on any atom is 0.255 e. The van der Waals surface area contributed by atoms with E-state index < -0.39 is 8.07 Å². The number of methoxy groups -OCH3 is 1. The van der Waals surface area contributed by atoms with Crippen LogP contribution in [0.1, 0.15) is 33.2 Å². The number of amides is 2. The Labute approximate surface area is 220 Å². The van der Waals surface area contributed by atoms with Crippen LogP contribution in [0.15, 0.2) is 83.1 Å². The quantitative estimate of drug-likeness (QED) is 0.272. The van der Waals surface area contributed by atoms with Gasteiger partial charge in [-0.3, -0.25) is 9.59 Å². The standard InChI is InChI=1S/C16H15NOS.C13H21NO2Si/c1-12-9-17(10-15(12)14-7-8-19-11-14)16(18)13-5-3-2-4-6-13;1-16-10-14(11-17(2,3)4)13(15)12-8-6-5-7-9-12/h2-8,11H,9-10H2,1H3;5-9H,10-11H2,1-4H3. The molecule has 2 amide bonds. The van der Waals surface area contributed by atoms with Crippen molar-refractivity contribution in [3.8, 4) is 0 Å². The van der Waals surface area contributed by atoms with E-state index in [1.165, 1.54) is 16.7 Å². The third-order valence-electron chi connectivity index (χ3n) is 5.73. The summed E-state index contributed by atoms with van der Waals surface area (Å²) in [6, 6.07) is 21.0. The monoisotopic (exact) mass is 520 g/mol. The number of nitrogens with zero attached hydrogens (tertiary/aromatic N) is 2. The molecular formula is C29H36N2O3SSi. The minimum Gasteiger partial charge on any atom is -0.364 e. The largest absolute Gasteiger partial charge is 0.364 e. The highest BCUT2D eigenvalue weighted by molar-refractivity contribution is 7.08. The molecule has 2 aromatic carbocycles. The van der Waals surface area contributed by atoms with Crippen LogP contribution in [0.25, 0.3) is 5.57 Å². The predicted octanol–water partition coefficient (Wildman–Crippen LogP) is 6.29. The van der Waals surface area contributed by atoms with Crippen LogP contribution in [0.3, 0.4) is 0 Å². The second-order valence-electron chi connectivity index (χ2n) is 10.1. The number of rotatable bonds is 7. The highest BCUT2D eigenvalue weighted by Crippen LogP contribution is 2.28. The summed E-state index contributed by atoms with van der Waals surface area (Å²) in [4.78, 5) is 28.4. The Balaban J connectivity index is 0.000000202.